The van der Waals surface area contributed by atoms with Gasteiger partial charge in [-0.1, -0.05) is 32.9 Å². The van der Waals surface area contributed by atoms with Gasteiger partial charge in [-0.15, -0.1) is 0 Å². The van der Waals surface area contributed by atoms with Crippen LogP contribution in [-0.4, -0.2) is 18.7 Å². The van der Waals surface area contributed by atoms with Crippen LogP contribution in [0.2, 0.25) is 0 Å². The Morgan fingerprint density at radius 2 is 1.67 bits per heavy atom. The molecule has 0 aliphatic heterocycles. The van der Waals surface area contributed by atoms with E-state index in [2.05, 4.69) is 57.3 Å². The number of likely N-dealkylation sites (N-methyl/N-ethyl adjacent to an activating group) is 1. The molecule has 1 unspecified atom stereocenters. The molecule has 0 saturated carbocycles. The lowest BCUT2D eigenvalue weighted by Gasteiger charge is -2.16. The summed E-state index contributed by atoms with van der Waals surface area (Å²) in [6.07, 6.45) is 3.54. The number of rotatable bonds is 8. The Morgan fingerprint density at radius 1 is 1.06 bits per heavy atom. The molecule has 0 aliphatic rings. The van der Waals surface area contributed by atoms with Gasteiger partial charge in [-0.25, -0.2) is 0 Å². The first-order valence-corrected chi connectivity index (χ1v) is 7.18. The SMILES string of the molecule is CCNC(C)Cc1ccc(OC(CC)CC)cc1. The molecule has 1 aromatic carbocycles. The van der Waals surface area contributed by atoms with Gasteiger partial charge >= 0.3 is 0 Å². The van der Waals surface area contributed by atoms with Crippen LogP contribution in [0.3, 0.4) is 0 Å². The molecule has 0 aliphatic carbocycles. The first-order valence-electron chi connectivity index (χ1n) is 7.18. The predicted octanol–water partition coefficient (Wildman–Crippen LogP) is 3.79. The first-order chi connectivity index (χ1) is 8.69. The van der Waals surface area contributed by atoms with E-state index in [0.717, 1.165) is 31.6 Å². The third-order valence-corrected chi connectivity index (χ3v) is 3.23. The average Bonchev–Trinajstić information content (AvgIpc) is 2.38. The van der Waals surface area contributed by atoms with Crippen LogP contribution in [0.25, 0.3) is 0 Å². The second kappa shape index (κ2) is 8.15. The zero-order valence-corrected chi connectivity index (χ0v) is 12.2. The molecule has 2 heteroatoms. The minimum atomic E-state index is 0.344. The van der Waals surface area contributed by atoms with Gasteiger partial charge in [0.25, 0.3) is 0 Å². The maximum absolute atomic E-state index is 5.90. The van der Waals surface area contributed by atoms with E-state index >= 15 is 0 Å². The molecule has 0 amide bonds. The van der Waals surface area contributed by atoms with E-state index in [4.69, 9.17) is 4.74 Å². The number of nitrogens with one attached hydrogen (secondary N) is 1. The molecule has 102 valence electrons. The molecule has 1 aromatic rings. The van der Waals surface area contributed by atoms with Crippen molar-refractivity contribution in [3.8, 4) is 5.75 Å². The zero-order chi connectivity index (χ0) is 13.4. The van der Waals surface area contributed by atoms with Gasteiger partial charge in [0.15, 0.2) is 0 Å². The Bertz CT molecular complexity index is 316. The van der Waals surface area contributed by atoms with Gasteiger partial charge < -0.3 is 10.1 Å². The third-order valence-electron chi connectivity index (χ3n) is 3.23. The predicted molar refractivity (Wildman–Crippen MR) is 78.3 cm³/mol. The van der Waals surface area contributed by atoms with E-state index in [-0.39, 0.29) is 0 Å². The van der Waals surface area contributed by atoms with E-state index in [1.807, 2.05) is 0 Å². The summed E-state index contributed by atoms with van der Waals surface area (Å²) < 4.78 is 5.90. The largest absolute Gasteiger partial charge is 0.490 e. The molecule has 0 saturated heterocycles. The van der Waals surface area contributed by atoms with Crippen LogP contribution in [0.4, 0.5) is 0 Å². The average molecular weight is 249 g/mol. The second-order valence-corrected chi connectivity index (χ2v) is 4.86. The zero-order valence-electron chi connectivity index (χ0n) is 12.2. The normalized spacial score (nSPS) is 12.7. The molecule has 0 bridgehead atoms. The quantitative estimate of drug-likeness (QED) is 0.756. The van der Waals surface area contributed by atoms with Crippen LogP contribution < -0.4 is 10.1 Å². The van der Waals surface area contributed by atoms with Crippen molar-refractivity contribution in [1.29, 1.82) is 0 Å². The van der Waals surface area contributed by atoms with Gasteiger partial charge in [0.05, 0.1) is 6.10 Å². The van der Waals surface area contributed by atoms with Crippen LogP contribution in [0.15, 0.2) is 24.3 Å². The van der Waals surface area contributed by atoms with Crippen LogP contribution >= 0.6 is 0 Å². The summed E-state index contributed by atoms with van der Waals surface area (Å²) in [6, 6.07) is 9.05. The van der Waals surface area contributed by atoms with Gasteiger partial charge in [0, 0.05) is 6.04 Å². The van der Waals surface area contributed by atoms with Gasteiger partial charge in [0.1, 0.15) is 5.75 Å². The summed E-state index contributed by atoms with van der Waals surface area (Å²) in [7, 11) is 0. The van der Waals surface area contributed by atoms with Gasteiger partial charge in [-0.05, 0) is 50.4 Å². The van der Waals surface area contributed by atoms with Crippen molar-refractivity contribution in [3.63, 3.8) is 0 Å². The Labute approximate surface area is 112 Å². The standard InChI is InChI=1S/C16H27NO/c1-5-15(6-2)18-16-10-8-14(9-11-16)12-13(4)17-7-3/h8-11,13,15,17H,5-7,12H2,1-4H3. The fourth-order valence-corrected chi connectivity index (χ4v) is 2.13. The fraction of sp³-hybridized carbons (Fsp3) is 0.625. The highest BCUT2D eigenvalue weighted by atomic mass is 16.5. The molecule has 1 rings (SSSR count). The van der Waals surface area contributed by atoms with E-state index in [0.29, 0.717) is 12.1 Å². The summed E-state index contributed by atoms with van der Waals surface area (Å²) in [4.78, 5) is 0. The molecule has 0 radical (unpaired) electrons. The van der Waals surface area contributed by atoms with Crippen LogP contribution in [0, 0.1) is 0 Å². The van der Waals surface area contributed by atoms with E-state index in [9.17, 15) is 0 Å². The summed E-state index contributed by atoms with van der Waals surface area (Å²) in [6.45, 7) is 9.72. The highest BCUT2D eigenvalue weighted by molar-refractivity contribution is 5.28. The van der Waals surface area contributed by atoms with Crippen molar-refractivity contribution in [1.82, 2.24) is 5.32 Å². The van der Waals surface area contributed by atoms with Crippen LogP contribution in [0.1, 0.15) is 46.1 Å². The Kier molecular flexibility index (Phi) is 6.81. The molecule has 2 nitrogen and oxygen atoms in total. The Balaban J connectivity index is 2.51. The summed E-state index contributed by atoms with van der Waals surface area (Å²) in [5, 5.41) is 3.43. The van der Waals surface area contributed by atoms with E-state index < -0.39 is 0 Å². The molecular weight excluding hydrogens is 222 g/mol. The summed E-state index contributed by atoms with van der Waals surface area (Å²) in [5.41, 5.74) is 1.36. The molecule has 1 N–H and O–H groups in total. The highest BCUT2D eigenvalue weighted by Crippen LogP contribution is 2.17. The molecular formula is C16H27NO. The monoisotopic (exact) mass is 249 g/mol. The summed E-state index contributed by atoms with van der Waals surface area (Å²) in [5.74, 6) is 0.989. The van der Waals surface area contributed by atoms with Crippen LogP contribution in [0.5, 0.6) is 5.75 Å². The van der Waals surface area contributed by atoms with E-state index in [1.165, 1.54) is 5.56 Å². The van der Waals surface area contributed by atoms with Crippen molar-refractivity contribution >= 4 is 0 Å². The lowest BCUT2D eigenvalue weighted by atomic mass is 10.1. The van der Waals surface area contributed by atoms with Gasteiger partial charge in [-0.2, -0.15) is 0 Å². The molecule has 1 atom stereocenters. The highest BCUT2D eigenvalue weighted by Gasteiger charge is 2.06. The number of ether oxygens (including phenoxy) is 1. The molecule has 18 heavy (non-hydrogen) atoms. The lowest BCUT2D eigenvalue weighted by molar-refractivity contribution is 0.193. The van der Waals surface area contributed by atoms with Crippen molar-refractivity contribution in [2.75, 3.05) is 6.54 Å². The molecule has 0 heterocycles. The van der Waals surface area contributed by atoms with Crippen molar-refractivity contribution < 1.29 is 4.74 Å². The first kappa shape index (κ1) is 15.0. The maximum atomic E-state index is 5.90. The number of hydrogen-bond acceptors (Lipinski definition) is 2. The van der Waals surface area contributed by atoms with Crippen molar-refractivity contribution in [2.45, 2.75) is 59.1 Å². The second-order valence-electron chi connectivity index (χ2n) is 4.86. The van der Waals surface area contributed by atoms with Gasteiger partial charge in [-0.3, -0.25) is 0 Å². The van der Waals surface area contributed by atoms with E-state index in [1.54, 1.807) is 0 Å². The van der Waals surface area contributed by atoms with Crippen molar-refractivity contribution in [2.24, 2.45) is 0 Å². The Hall–Kier alpha value is -1.02. The van der Waals surface area contributed by atoms with Gasteiger partial charge in [0.2, 0.25) is 0 Å². The minimum Gasteiger partial charge on any atom is -0.490 e. The minimum absolute atomic E-state index is 0.344. The van der Waals surface area contributed by atoms with Crippen LogP contribution in [-0.2, 0) is 6.42 Å². The summed E-state index contributed by atoms with van der Waals surface area (Å²) >= 11 is 0. The topological polar surface area (TPSA) is 21.3 Å². The molecule has 0 spiro atoms. The smallest absolute Gasteiger partial charge is 0.119 e. The molecule has 0 fully saturated rings. The molecule has 0 aromatic heterocycles. The fourth-order valence-electron chi connectivity index (χ4n) is 2.13. The third kappa shape index (κ3) is 5.09. The lowest BCUT2D eigenvalue weighted by Crippen LogP contribution is -2.27. The maximum Gasteiger partial charge on any atom is 0.119 e. The number of benzene rings is 1. The van der Waals surface area contributed by atoms with Crippen molar-refractivity contribution in [3.05, 3.63) is 29.8 Å². The number of hydrogen-bond donors (Lipinski definition) is 1. The Morgan fingerprint density at radius 3 is 2.17 bits per heavy atom.